The Labute approximate surface area is 109 Å². The van der Waals surface area contributed by atoms with E-state index in [2.05, 4.69) is 24.8 Å². The smallest absolute Gasteiger partial charge is 0.0859 e. The Hall–Kier alpha value is -0.250. The fourth-order valence-corrected chi connectivity index (χ4v) is 2.46. The second-order valence-electron chi connectivity index (χ2n) is 3.99. The molecule has 2 rings (SSSR count). The zero-order chi connectivity index (χ0) is 11.1. The minimum atomic E-state index is 0. The van der Waals surface area contributed by atoms with Crippen molar-refractivity contribution in [3.63, 3.8) is 0 Å². The maximum Gasteiger partial charge on any atom is 0.0859 e. The van der Waals surface area contributed by atoms with E-state index < -0.39 is 0 Å². The van der Waals surface area contributed by atoms with Gasteiger partial charge in [-0.3, -0.25) is 4.90 Å². The largest absolute Gasteiger partial charge is 0.391 e. The predicted molar refractivity (Wildman–Crippen MR) is 76.5 cm³/mol. The topological polar surface area (TPSA) is 29.3 Å². The Bertz CT molecular complexity index is 270. The van der Waals surface area contributed by atoms with Crippen LogP contribution in [0.15, 0.2) is 12.1 Å². The lowest BCUT2D eigenvalue weighted by atomic mass is 10.4. The lowest BCUT2D eigenvalue weighted by molar-refractivity contribution is 0.334. The molecule has 0 bridgehead atoms. The van der Waals surface area contributed by atoms with Gasteiger partial charge in [-0.05, 0) is 38.1 Å². The first kappa shape index (κ1) is 15.8. The summed E-state index contributed by atoms with van der Waals surface area (Å²) >= 11 is 1.71. The molecule has 0 saturated carbocycles. The van der Waals surface area contributed by atoms with Gasteiger partial charge in [0, 0.05) is 11.4 Å². The number of nitrogens with two attached hydrogens (primary N) is 1. The summed E-state index contributed by atoms with van der Waals surface area (Å²) in [5.41, 5.74) is 5.65. The average molecular weight is 263 g/mol. The van der Waals surface area contributed by atoms with Crippen LogP contribution in [-0.4, -0.2) is 18.0 Å². The third kappa shape index (κ3) is 5.73. The number of likely N-dealkylation sites (tertiary alicyclic amines) is 1. The molecule has 4 heteroatoms. The van der Waals surface area contributed by atoms with E-state index in [1.54, 1.807) is 11.3 Å². The van der Waals surface area contributed by atoms with Crippen LogP contribution < -0.4 is 5.73 Å². The second kappa shape index (κ2) is 8.85. The summed E-state index contributed by atoms with van der Waals surface area (Å²) in [5, 5.41) is 0.934. The van der Waals surface area contributed by atoms with E-state index in [1.807, 2.05) is 6.07 Å². The Morgan fingerprint density at radius 2 is 1.81 bits per heavy atom. The van der Waals surface area contributed by atoms with Gasteiger partial charge >= 0.3 is 0 Å². The normalized spacial score (nSPS) is 15.1. The molecule has 2 heterocycles. The Balaban J connectivity index is 0.000000511. The minimum Gasteiger partial charge on any atom is -0.391 e. The molecule has 1 aromatic rings. The van der Waals surface area contributed by atoms with E-state index in [4.69, 9.17) is 5.73 Å². The van der Waals surface area contributed by atoms with Crippen LogP contribution in [0, 0.1) is 0 Å². The molecule has 2 nitrogen and oxygen atoms in total. The van der Waals surface area contributed by atoms with Gasteiger partial charge < -0.3 is 5.73 Å². The van der Waals surface area contributed by atoms with E-state index in [1.165, 1.54) is 37.2 Å². The van der Waals surface area contributed by atoms with Crippen molar-refractivity contribution < 1.29 is 0 Å². The standard InChI is InChI=1S/C9H14N2S.C3H8.ClH/c10-9-4-3-8(12-9)7-11-5-1-2-6-11;1-3-2;/h3-4H,1-2,5-7,10H2;3H2,1-2H3;1H. The molecule has 1 fully saturated rings. The number of anilines is 1. The van der Waals surface area contributed by atoms with Gasteiger partial charge in [-0.2, -0.15) is 0 Å². The molecule has 0 spiro atoms. The van der Waals surface area contributed by atoms with Crippen LogP contribution in [0.3, 0.4) is 0 Å². The molecule has 1 aliphatic heterocycles. The first-order chi connectivity index (χ1) is 7.26. The molecule has 1 aliphatic rings. The molecule has 16 heavy (non-hydrogen) atoms. The third-order valence-corrected chi connectivity index (χ3v) is 3.16. The van der Waals surface area contributed by atoms with Crippen molar-refractivity contribution in [2.24, 2.45) is 0 Å². The number of rotatable bonds is 2. The summed E-state index contributed by atoms with van der Waals surface area (Å²) < 4.78 is 0. The summed E-state index contributed by atoms with van der Waals surface area (Å²) in [6, 6.07) is 4.13. The Morgan fingerprint density at radius 1 is 1.25 bits per heavy atom. The fraction of sp³-hybridized carbons (Fsp3) is 0.667. The zero-order valence-corrected chi connectivity index (χ0v) is 11.9. The van der Waals surface area contributed by atoms with Crippen LogP contribution in [0.1, 0.15) is 38.0 Å². The maximum absolute atomic E-state index is 5.65. The van der Waals surface area contributed by atoms with Crippen molar-refractivity contribution in [1.29, 1.82) is 0 Å². The second-order valence-corrected chi connectivity index (χ2v) is 5.19. The van der Waals surface area contributed by atoms with E-state index in [-0.39, 0.29) is 12.4 Å². The monoisotopic (exact) mass is 262 g/mol. The molecule has 1 saturated heterocycles. The molecule has 0 aromatic carbocycles. The Morgan fingerprint density at radius 3 is 2.25 bits per heavy atom. The first-order valence-corrected chi connectivity index (χ1v) is 6.64. The number of thiophene rings is 1. The predicted octanol–water partition coefficient (Wildman–Crippen LogP) is 3.76. The number of hydrogen-bond acceptors (Lipinski definition) is 3. The number of nitrogen functional groups attached to an aromatic ring is 1. The fourth-order valence-electron chi connectivity index (χ4n) is 1.64. The summed E-state index contributed by atoms with van der Waals surface area (Å²) in [6.07, 6.45) is 3.97. The molecular formula is C12H23ClN2S. The summed E-state index contributed by atoms with van der Waals surface area (Å²) in [4.78, 5) is 3.89. The van der Waals surface area contributed by atoms with Gasteiger partial charge in [-0.1, -0.05) is 20.3 Å². The molecule has 94 valence electrons. The lowest BCUT2D eigenvalue weighted by Gasteiger charge is -2.12. The van der Waals surface area contributed by atoms with Crippen LogP contribution in [-0.2, 0) is 6.54 Å². The van der Waals surface area contributed by atoms with Gasteiger partial charge in [0.05, 0.1) is 5.00 Å². The van der Waals surface area contributed by atoms with Crippen molar-refractivity contribution in [2.75, 3.05) is 18.8 Å². The van der Waals surface area contributed by atoms with Crippen LogP contribution in [0.5, 0.6) is 0 Å². The van der Waals surface area contributed by atoms with E-state index in [0.29, 0.717) is 0 Å². The number of hydrogen-bond donors (Lipinski definition) is 1. The van der Waals surface area contributed by atoms with Gasteiger partial charge in [-0.15, -0.1) is 23.7 Å². The SMILES string of the molecule is CCC.Cl.Nc1ccc(CN2CCCC2)s1. The number of halogens is 1. The van der Waals surface area contributed by atoms with Crippen LogP contribution >= 0.6 is 23.7 Å². The third-order valence-electron chi connectivity index (χ3n) is 2.26. The first-order valence-electron chi connectivity index (χ1n) is 5.82. The van der Waals surface area contributed by atoms with Gasteiger partial charge in [0.15, 0.2) is 0 Å². The molecule has 0 atom stereocenters. The lowest BCUT2D eigenvalue weighted by Crippen LogP contribution is -2.17. The highest BCUT2D eigenvalue weighted by Crippen LogP contribution is 2.21. The highest BCUT2D eigenvalue weighted by atomic mass is 35.5. The van der Waals surface area contributed by atoms with Crippen LogP contribution in [0.4, 0.5) is 5.00 Å². The van der Waals surface area contributed by atoms with E-state index >= 15 is 0 Å². The Kier molecular flexibility index (Phi) is 8.71. The van der Waals surface area contributed by atoms with Gasteiger partial charge in [0.2, 0.25) is 0 Å². The highest BCUT2D eigenvalue weighted by molar-refractivity contribution is 7.15. The van der Waals surface area contributed by atoms with Gasteiger partial charge in [0.25, 0.3) is 0 Å². The van der Waals surface area contributed by atoms with Crippen LogP contribution in [0.2, 0.25) is 0 Å². The molecule has 0 aliphatic carbocycles. The molecule has 1 aromatic heterocycles. The minimum absolute atomic E-state index is 0. The molecule has 0 radical (unpaired) electrons. The maximum atomic E-state index is 5.65. The quantitative estimate of drug-likeness (QED) is 0.879. The van der Waals surface area contributed by atoms with Crippen molar-refractivity contribution in [3.8, 4) is 0 Å². The van der Waals surface area contributed by atoms with Gasteiger partial charge in [-0.25, -0.2) is 0 Å². The molecule has 0 unspecified atom stereocenters. The summed E-state index contributed by atoms with van der Waals surface area (Å²) in [7, 11) is 0. The van der Waals surface area contributed by atoms with Crippen molar-refractivity contribution in [3.05, 3.63) is 17.0 Å². The van der Waals surface area contributed by atoms with E-state index in [9.17, 15) is 0 Å². The van der Waals surface area contributed by atoms with Gasteiger partial charge in [0.1, 0.15) is 0 Å². The summed E-state index contributed by atoms with van der Waals surface area (Å²) in [5.74, 6) is 0. The number of nitrogens with zero attached hydrogens (tertiary/aromatic N) is 1. The molecular weight excluding hydrogens is 240 g/mol. The zero-order valence-electron chi connectivity index (χ0n) is 10.2. The van der Waals surface area contributed by atoms with Crippen molar-refractivity contribution in [1.82, 2.24) is 4.90 Å². The average Bonchev–Trinajstić information content (AvgIpc) is 2.80. The molecule has 2 N–H and O–H groups in total. The van der Waals surface area contributed by atoms with Crippen molar-refractivity contribution in [2.45, 2.75) is 39.7 Å². The molecule has 0 amide bonds. The highest BCUT2D eigenvalue weighted by Gasteiger charge is 2.12. The van der Waals surface area contributed by atoms with Crippen molar-refractivity contribution >= 4 is 28.7 Å². The summed E-state index contributed by atoms with van der Waals surface area (Å²) in [6.45, 7) is 7.87. The van der Waals surface area contributed by atoms with E-state index in [0.717, 1.165) is 11.5 Å². The van der Waals surface area contributed by atoms with Crippen LogP contribution in [0.25, 0.3) is 0 Å².